The number of anilines is 1. The number of nitrogens with one attached hydrogen (secondary N) is 1. The van der Waals surface area contributed by atoms with Gasteiger partial charge in [-0.2, -0.15) is 0 Å². The van der Waals surface area contributed by atoms with Gasteiger partial charge in [0, 0.05) is 24.2 Å². The van der Waals surface area contributed by atoms with E-state index in [9.17, 15) is 4.79 Å². The van der Waals surface area contributed by atoms with Gasteiger partial charge in [-0.3, -0.25) is 4.79 Å². The fourth-order valence-electron chi connectivity index (χ4n) is 2.73. The number of nitrogens with zero attached hydrogens (tertiary/aromatic N) is 1. The van der Waals surface area contributed by atoms with Crippen LogP contribution in [-0.2, 0) is 4.74 Å². The van der Waals surface area contributed by atoms with Gasteiger partial charge in [-0.15, -0.1) is 11.3 Å². The number of rotatable bonds is 3. The van der Waals surface area contributed by atoms with Crippen molar-refractivity contribution < 1.29 is 9.53 Å². The smallest absolute Gasteiger partial charge is 0.263 e. The first-order chi connectivity index (χ1) is 10.1. The maximum absolute atomic E-state index is 12.3. The molecular formula is C15H19N3O2S. The van der Waals surface area contributed by atoms with Crippen LogP contribution in [0, 0.1) is 13.8 Å². The Kier molecular flexibility index (Phi) is 3.82. The van der Waals surface area contributed by atoms with Gasteiger partial charge < -0.3 is 15.8 Å². The van der Waals surface area contributed by atoms with Crippen LogP contribution in [0.25, 0.3) is 10.2 Å². The molecule has 2 aromatic rings. The topological polar surface area (TPSA) is 77.2 Å². The predicted octanol–water partition coefficient (Wildman–Crippen LogP) is 2.40. The lowest BCUT2D eigenvalue weighted by Crippen LogP contribution is -2.31. The van der Waals surface area contributed by atoms with Crippen molar-refractivity contribution in [1.29, 1.82) is 0 Å². The second kappa shape index (κ2) is 5.61. The molecule has 0 aromatic carbocycles. The molecule has 3 heterocycles. The van der Waals surface area contributed by atoms with Gasteiger partial charge in [0.1, 0.15) is 9.71 Å². The average Bonchev–Trinajstić information content (AvgIpc) is 3.04. The zero-order valence-corrected chi connectivity index (χ0v) is 13.0. The fraction of sp³-hybridized carbons (Fsp3) is 0.467. The number of carbonyl (C=O) groups is 1. The Balaban J connectivity index is 1.84. The Labute approximate surface area is 127 Å². The van der Waals surface area contributed by atoms with Crippen molar-refractivity contribution in [3.05, 3.63) is 22.2 Å². The molecule has 2 aromatic heterocycles. The molecule has 112 valence electrons. The van der Waals surface area contributed by atoms with Crippen LogP contribution >= 0.6 is 11.3 Å². The molecule has 1 amide bonds. The van der Waals surface area contributed by atoms with E-state index in [0.29, 0.717) is 17.1 Å². The number of aromatic nitrogens is 1. The summed E-state index contributed by atoms with van der Waals surface area (Å²) in [5.41, 5.74) is 8.68. The lowest BCUT2D eigenvalue weighted by molar-refractivity contribution is 0.0862. The van der Waals surface area contributed by atoms with Crippen LogP contribution in [0.2, 0.25) is 0 Å². The molecule has 1 aliphatic rings. The second-order valence-electron chi connectivity index (χ2n) is 5.45. The molecule has 6 heteroatoms. The van der Waals surface area contributed by atoms with Gasteiger partial charge in [0.2, 0.25) is 0 Å². The Bertz CT molecular complexity index is 690. The van der Waals surface area contributed by atoms with E-state index in [-0.39, 0.29) is 12.0 Å². The van der Waals surface area contributed by atoms with Gasteiger partial charge in [0.15, 0.2) is 0 Å². The molecule has 1 aliphatic heterocycles. The lowest BCUT2D eigenvalue weighted by Gasteiger charge is -2.10. The molecule has 21 heavy (non-hydrogen) atoms. The van der Waals surface area contributed by atoms with Gasteiger partial charge in [0.05, 0.1) is 11.8 Å². The minimum atomic E-state index is -0.136. The summed E-state index contributed by atoms with van der Waals surface area (Å²) < 4.78 is 5.51. The van der Waals surface area contributed by atoms with Crippen LogP contribution in [0.1, 0.15) is 33.8 Å². The van der Waals surface area contributed by atoms with E-state index < -0.39 is 0 Å². The first-order valence-corrected chi connectivity index (χ1v) is 7.94. The third-order valence-electron chi connectivity index (χ3n) is 3.74. The Morgan fingerprint density at radius 2 is 2.38 bits per heavy atom. The first kappa shape index (κ1) is 14.3. The summed E-state index contributed by atoms with van der Waals surface area (Å²) in [5.74, 6) is -0.136. The molecule has 5 nitrogen and oxygen atoms in total. The van der Waals surface area contributed by atoms with Crippen LogP contribution in [0.3, 0.4) is 0 Å². The summed E-state index contributed by atoms with van der Waals surface area (Å²) >= 11 is 1.35. The van der Waals surface area contributed by atoms with E-state index >= 15 is 0 Å². The van der Waals surface area contributed by atoms with Crippen LogP contribution in [-0.4, -0.2) is 30.1 Å². The average molecular weight is 305 g/mol. The van der Waals surface area contributed by atoms with Crippen LogP contribution in [0.4, 0.5) is 5.69 Å². The number of aryl methyl sites for hydroxylation is 2. The number of thiophene rings is 1. The Morgan fingerprint density at radius 1 is 1.57 bits per heavy atom. The maximum atomic E-state index is 12.3. The number of amides is 1. The molecule has 0 spiro atoms. The van der Waals surface area contributed by atoms with Crippen molar-refractivity contribution in [2.24, 2.45) is 0 Å². The summed E-state index contributed by atoms with van der Waals surface area (Å²) in [5, 5.41) is 3.81. The van der Waals surface area contributed by atoms with Gasteiger partial charge in [-0.25, -0.2) is 4.98 Å². The zero-order valence-electron chi connectivity index (χ0n) is 12.2. The molecule has 0 aliphatic carbocycles. The SMILES string of the molecule is Cc1cc(C)c2c(N)c(C(=O)NCC3CCCO3)sc2n1. The van der Waals surface area contributed by atoms with E-state index in [2.05, 4.69) is 10.3 Å². The zero-order chi connectivity index (χ0) is 15.0. The third kappa shape index (κ3) is 2.73. The van der Waals surface area contributed by atoms with Crippen molar-refractivity contribution in [3.8, 4) is 0 Å². The highest BCUT2D eigenvalue weighted by Crippen LogP contribution is 2.34. The predicted molar refractivity (Wildman–Crippen MR) is 84.8 cm³/mol. The first-order valence-electron chi connectivity index (χ1n) is 7.12. The van der Waals surface area contributed by atoms with Crippen molar-refractivity contribution in [2.45, 2.75) is 32.8 Å². The summed E-state index contributed by atoms with van der Waals surface area (Å²) in [4.78, 5) is 18.2. The van der Waals surface area contributed by atoms with Gasteiger partial charge >= 0.3 is 0 Å². The van der Waals surface area contributed by atoms with Crippen molar-refractivity contribution in [3.63, 3.8) is 0 Å². The minimum absolute atomic E-state index is 0.131. The number of fused-ring (bicyclic) bond motifs is 1. The van der Waals surface area contributed by atoms with E-state index in [0.717, 1.165) is 40.9 Å². The quantitative estimate of drug-likeness (QED) is 0.913. The molecule has 0 bridgehead atoms. The number of hydrogen-bond donors (Lipinski definition) is 2. The van der Waals surface area contributed by atoms with Crippen LogP contribution < -0.4 is 11.1 Å². The van der Waals surface area contributed by atoms with Gasteiger partial charge in [-0.1, -0.05) is 0 Å². The van der Waals surface area contributed by atoms with Gasteiger partial charge in [-0.05, 0) is 38.3 Å². The second-order valence-corrected chi connectivity index (χ2v) is 6.45. The standard InChI is InChI=1S/C15H19N3O2S/c1-8-6-9(2)18-15-11(8)12(16)13(21-15)14(19)17-7-10-4-3-5-20-10/h6,10H,3-5,7,16H2,1-2H3,(H,17,19). The number of hydrogen-bond acceptors (Lipinski definition) is 5. The normalized spacial score (nSPS) is 18.3. The van der Waals surface area contributed by atoms with Crippen molar-refractivity contribution >= 4 is 33.1 Å². The highest BCUT2D eigenvalue weighted by molar-refractivity contribution is 7.21. The number of pyridine rings is 1. The van der Waals surface area contributed by atoms with E-state index in [1.165, 1.54) is 11.3 Å². The Morgan fingerprint density at radius 3 is 3.10 bits per heavy atom. The minimum Gasteiger partial charge on any atom is -0.397 e. The lowest BCUT2D eigenvalue weighted by atomic mass is 10.1. The van der Waals surface area contributed by atoms with E-state index in [4.69, 9.17) is 10.5 Å². The molecule has 1 unspecified atom stereocenters. The molecule has 0 saturated carbocycles. The van der Waals surface area contributed by atoms with Crippen molar-refractivity contribution in [1.82, 2.24) is 10.3 Å². The highest BCUT2D eigenvalue weighted by Gasteiger charge is 2.21. The van der Waals surface area contributed by atoms with E-state index in [1.807, 2.05) is 19.9 Å². The van der Waals surface area contributed by atoms with Crippen LogP contribution in [0.5, 0.6) is 0 Å². The molecule has 3 rings (SSSR count). The van der Waals surface area contributed by atoms with Crippen molar-refractivity contribution in [2.75, 3.05) is 18.9 Å². The molecular weight excluding hydrogens is 286 g/mol. The molecule has 3 N–H and O–H groups in total. The highest BCUT2D eigenvalue weighted by atomic mass is 32.1. The summed E-state index contributed by atoms with van der Waals surface area (Å²) in [7, 11) is 0. The number of nitrogen functional groups attached to an aromatic ring is 1. The Hall–Kier alpha value is -1.66. The summed E-state index contributed by atoms with van der Waals surface area (Å²) in [6, 6.07) is 1.99. The van der Waals surface area contributed by atoms with Gasteiger partial charge in [0.25, 0.3) is 5.91 Å². The largest absolute Gasteiger partial charge is 0.397 e. The molecule has 1 saturated heterocycles. The number of nitrogens with two attached hydrogens (primary N) is 1. The fourth-order valence-corrected chi connectivity index (χ4v) is 3.86. The van der Waals surface area contributed by atoms with Crippen LogP contribution in [0.15, 0.2) is 6.07 Å². The number of carbonyl (C=O) groups excluding carboxylic acids is 1. The molecule has 1 atom stereocenters. The maximum Gasteiger partial charge on any atom is 0.263 e. The summed E-state index contributed by atoms with van der Waals surface area (Å²) in [6.45, 7) is 5.26. The third-order valence-corrected chi connectivity index (χ3v) is 4.84. The monoisotopic (exact) mass is 305 g/mol. The number of ether oxygens (including phenoxy) is 1. The molecule has 0 radical (unpaired) electrons. The van der Waals surface area contributed by atoms with E-state index in [1.54, 1.807) is 0 Å². The molecule has 1 fully saturated rings. The summed E-state index contributed by atoms with van der Waals surface area (Å²) in [6.07, 6.45) is 2.20.